The van der Waals surface area contributed by atoms with E-state index in [1.54, 1.807) is 13.8 Å². The van der Waals surface area contributed by atoms with Gasteiger partial charge in [-0.2, -0.15) is 18.2 Å². The number of hydrogen-bond donors (Lipinski definition) is 1. The molecule has 0 atom stereocenters. The summed E-state index contributed by atoms with van der Waals surface area (Å²) in [6, 6.07) is 10.0. The van der Waals surface area contributed by atoms with Gasteiger partial charge >= 0.3 is 6.18 Å². The first-order valence-electron chi connectivity index (χ1n) is 9.86. The number of nitrogens with one attached hydrogen (secondary N) is 1. The molecule has 2 aromatic carbocycles. The normalized spacial score (nSPS) is 13.3. The van der Waals surface area contributed by atoms with Gasteiger partial charge in [-0.15, -0.1) is 5.10 Å². The highest BCUT2D eigenvalue weighted by Crippen LogP contribution is 2.35. The van der Waals surface area contributed by atoms with Gasteiger partial charge in [-0.05, 0) is 49.3 Å². The minimum Gasteiger partial charge on any atom is -0.325 e. The number of fused-ring (bicyclic) bond motifs is 1. The second-order valence-electron chi connectivity index (χ2n) is 7.74. The van der Waals surface area contributed by atoms with Crippen LogP contribution in [0.2, 0.25) is 0 Å². The molecule has 1 amide bonds. The molecule has 5 rings (SSSR count). The van der Waals surface area contributed by atoms with Crippen molar-refractivity contribution in [1.82, 2.24) is 19.6 Å². The minimum atomic E-state index is -4.67. The second-order valence-corrected chi connectivity index (χ2v) is 7.74. The first kappa shape index (κ1) is 19.5. The maximum absolute atomic E-state index is 13.0. The average molecular weight is 425 g/mol. The average Bonchev–Trinajstić information content (AvgIpc) is 3.33. The quantitative estimate of drug-likeness (QED) is 0.534. The number of rotatable bonds is 3. The Balaban J connectivity index is 1.47. The van der Waals surface area contributed by atoms with Crippen LogP contribution in [0.15, 0.2) is 30.3 Å². The van der Waals surface area contributed by atoms with Gasteiger partial charge in [0.15, 0.2) is 0 Å². The van der Waals surface area contributed by atoms with Crippen molar-refractivity contribution in [3.63, 3.8) is 0 Å². The lowest BCUT2D eigenvalue weighted by atomic mass is 10.0. The van der Waals surface area contributed by atoms with Crippen molar-refractivity contribution in [3.8, 4) is 0 Å². The van der Waals surface area contributed by atoms with Gasteiger partial charge in [0.1, 0.15) is 0 Å². The van der Waals surface area contributed by atoms with Crippen LogP contribution >= 0.6 is 0 Å². The van der Waals surface area contributed by atoms with E-state index in [-0.39, 0.29) is 18.1 Å². The predicted octanol–water partition coefficient (Wildman–Crippen LogP) is 4.19. The Labute approximate surface area is 175 Å². The number of aromatic nitrogens is 4. The van der Waals surface area contributed by atoms with Gasteiger partial charge in [0.05, 0.1) is 6.42 Å². The summed E-state index contributed by atoms with van der Waals surface area (Å²) >= 11 is 0. The molecule has 0 aliphatic heterocycles. The Hall–Kier alpha value is -3.49. The summed E-state index contributed by atoms with van der Waals surface area (Å²) in [7, 11) is 0. The summed E-state index contributed by atoms with van der Waals surface area (Å²) in [5, 5.41) is 8.67. The molecule has 31 heavy (non-hydrogen) atoms. The molecule has 1 aliphatic rings. The van der Waals surface area contributed by atoms with Gasteiger partial charge in [-0.25, -0.2) is 9.50 Å². The Kier molecular flexibility index (Phi) is 4.25. The molecule has 158 valence electrons. The third-order valence-corrected chi connectivity index (χ3v) is 5.79. The molecule has 6 nitrogen and oxygen atoms in total. The highest BCUT2D eigenvalue weighted by Gasteiger charge is 2.37. The van der Waals surface area contributed by atoms with Crippen LogP contribution in [0.5, 0.6) is 0 Å². The molecule has 0 saturated carbocycles. The number of carbonyl (C=O) groups excluding carboxylic acids is 1. The van der Waals surface area contributed by atoms with Crippen LogP contribution in [0.3, 0.4) is 0 Å². The summed E-state index contributed by atoms with van der Waals surface area (Å²) < 4.78 is 39.9. The van der Waals surface area contributed by atoms with E-state index < -0.39 is 12.0 Å². The van der Waals surface area contributed by atoms with E-state index in [1.807, 2.05) is 24.3 Å². The van der Waals surface area contributed by atoms with Gasteiger partial charge in [-0.3, -0.25) is 4.79 Å². The van der Waals surface area contributed by atoms with E-state index in [1.165, 1.54) is 16.5 Å². The van der Waals surface area contributed by atoms with Crippen LogP contribution in [-0.2, 0) is 30.2 Å². The Morgan fingerprint density at radius 2 is 1.84 bits per heavy atom. The molecule has 2 heterocycles. The summed E-state index contributed by atoms with van der Waals surface area (Å²) in [5.41, 5.74) is 4.64. The number of aryl methyl sites for hydroxylation is 4. The summed E-state index contributed by atoms with van der Waals surface area (Å²) in [4.78, 5) is 20.4. The predicted molar refractivity (Wildman–Crippen MR) is 109 cm³/mol. The largest absolute Gasteiger partial charge is 0.453 e. The van der Waals surface area contributed by atoms with E-state index >= 15 is 0 Å². The molecule has 0 bridgehead atoms. The molecule has 0 spiro atoms. The number of carbonyl (C=O) groups is 1. The first-order valence-corrected chi connectivity index (χ1v) is 9.86. The fourth-order valence-corrected chi connectivity index (χ4v) is 4.30. The summed E-state index contributed by atoms with van der Waals surface area (Å²) in [5.74, 6) is -1.67. The Morgan fingerprint density at radius 3 is 2.58 bits per heavy atom. The van der Waals surface area contributed by atoms with Crippen molar-refractivity contribution in [1.29, 1.82) is 0 Å². The number of hydrogen-bond acceptors (Lipinski definition) is 4. The van der Waals surface area contributed by atoms with Crippen molar-refractivity contribution >= 4 is 28.1 Å². The van der Waals surface area contributed by atoms with Crippen molar-refractivity contribution in [3.05, 3.63) is 64.2 Å². The van der Waals surface area contributed by atoms with Crippen LogP contribution in [0.25, 0.3) is 16.6 Å². The van der Waals surface area contributed by atoms with Crippen molar-refractivity contribution in [2.75, 3.05) is 5.32 Å². The number of anilines is 1. The number of benzene rings is 2. The molecule has 0 saturated heterocycles. The summed E-state index contributed by atoms with van der Waals surface area (Å²) in [6.45, 7) is 3.26. The molecule has 0 fully saturated rings. The zero-order chi connectivity index (χ0) is 21.9. The van der Waals surface area contributed by atoms with Gasteiger partial charge in [0.25, 0.3) is 11.6 Å². The smallest absolute Gasteiger partial charge is 0.325 e. The van der Waals surface area contributed by atoms with E-state index in [9.17, 15) is 18.0 Å². The number of amides is 1. The highest BCUT2D eigenvalue weighted by molar-refractivity contribution is 6.05. The monoisotopic (exact) mass is 425 g/mol. The molecule has 1 aliphatic carbocycles. The highest BCUT2D eigenvalue weighted by atomic mass is 19.4. The molecule has 2 aromatic heterocycles. The standard InChI is InChI=1S/C22H18F3N5O/c1-11-16(12(2)30-21(26-11)28-20(29-30)22(23,24)25)10-18(31)27-17-9-8-14-7-6-13-4-3-5-15(17)19(13)14/h3-5,8-9H,6-7,10H2,1-2H3,(H,27,31). The van der Waals surface area contributed by atoms with E-state index in [4.69, 9.17) is 0 Å². The molecule has 0 radical (unpaired) electrons. The SMILES string of the molecule is Cc1nc2nc(C(F)(F)F)nn2c(C)c1CC(=O)Nc1ccc2c3c(cccc13)CC2. The van der Waals surface area contributed by atoms with Crippen LogP contribution in [-0.4, -0.2) is 25.5 Å². The molecular formula is C22H18F3N5O. The molecule has 0 unspecified atom stereocenters. The second kappa shape index (κ2) is 6.76. The number of alkyl halides is 3. The molecule has 9 heteroatoms. The van der Waals surface area contributed by atoms with Crippen LogP contribution in [0.4, 0.5) is 18.9 Å². The number of halogens is 3. The fourth-order valence-electron chi connectivity index (χ4n) is 4.30. The van der Waals surface area contributed by atoms with Crippen LogP contribution < -0.4 is 5.32 Å². The lowest BCUT2D eigenvalue weighted by molar-refractivity contribution is -0.144. The Morgan fingerprint density at radius 1 is 1.10 bits per heavy atom. The zero-order valence-electron chi connectivity index (χ0n) is 16.8. The molecule has 1 N–H and O–H groups in total. The lowest BCUT2D eigenvalue weighted by Crippen LogP contribution is -2.18. The maximum atomic E-state index is 13.0. The van der Waals surface area contributed by atoms with E-state index in [0.717, 1.165) is 28.4 Å². The van der Waals surface area contributed by atoms with Crippen molar-refractivity contribution in [2.24, 2.45) is 0 Å². The van der Waals surface area contributed by atoms with Gasteiger partial charge < -0.3 is 5.32 Å². The topological polar surface area (TPSA) is 72.2 Å². The van der Waals surface area contributed by atoms with Crippen molar-refractivity contribution in [2.45, 2.75) is 39.3 Å². The third-order valence-electron chi connectivity index (χ3n) is 5.79. The van der Waals surface area contributed by atoms with Gasteiger partial charge in [-0.1, -0.05) is 24.3 Å². The van der Waals surface area contributed by atoms with E-state index in [0.29, 0.717) is 17.0 Å². The first-order chi connectivity index (χ1) is 14.7. The zero-order valence-corrected chi connectivity index (χ0v) is 16.8. The van der Waals surface area contributed by atoms with Crippen molar-refractivity contribution < 1.29 is 18.0 Å². The lowest BCUT2D eigenvalue weighted by Gasteiger charge is -2.13. The number of nitrogens with zero attached hydrogens (tertiary/aromatic N) is 4. The van der Waals surface area contributed by atoms with Gasteiger partial charge in [0.2, 0.25) is 5.91 Å². The van der Waals surface area contributed by atoms with Crippen LogP contribution in [0.1, 0.15) is 33.9 Å². The Bertz CT molecular complexity index is 1360. The fraction of sp³-hybridized carbons (Fsp3) is 0.273. The third kappa shape index (κ3) is 3.20. The molecule has 4 aromatic rings. The summed E-state index contributed by atoms with van der Waals surface area (Å²) in [6.07, 6.45) is -2.72. The molecular weight excluding hydrogens is 407 g/mol. The van der Waals surface area contributed by atoms with Gasteiger partial charge in [0, 0.05) is 28.0 Å². The minimum absolute atomic E-state index is 0.0370. The van der Waals surface area contributed by atoms with E-state index in [2.05, 4.69) is 26.4 Å². The maximum Gasteiger partial charge on any atom is 0.453 e. The van der Waals surface area contributed by atoms with Crippen LogP contribution in [0, 0.1) is 13.8 Å².